The number of hydrogen-bond acceptors (Lipinski definition) is 7. The zero-order chi connectivity index (χ0) is 22.5. The maximum atomic E-state index is 12.7. The molecule has 1 fully saturated rings. The van der Waals surface area contributed by atoms with E-state index in [0.717, 1.165) is 18.4 Å². The van der Waals surface area contributed by atoms with E-state index in [1.165, 1.54) is 6.07 Å². The van der Waals surface area contributed by atoms with Gasteiger partial charge in [-0.05, 0) is 56.8 Å². The zero-order valence-electron chi connectivity index (χ0n) is 18.2. The Bertz CT molecular complexity index is 959. The average molecular weight is 428 g/mol. The first-order valence-electron chi connectivity index (χ1n) is 10.1. The fourth-order valence-electron chi connectivity index (χ4n) is 3.34. The van der Waals surface area contributed by atoms with Gasteiger partial charge < -0.3 is 25.0 Å². The maximum absolute atomic E-state index is 12.7. The van der Waals surface area contributed by atoms with Crippen LogP contribution < -0.4 is 20.1 Å². The summed E-state index contributed by atoms with van der Waals surface area (Å²) in [5.74, 6) is 0.862. The van der Waals surface area contributed by atoms with Gasteiger partial charge in [0, 0.05) is 24.2 Å². The van der Waals surface area contributed by atoms with Gasteiger partial charge in [-0.2, -0.15) is 0 Å². The molecule has 9 nitrogen and oxygen atoms in total. The van der Waals surface area contributed by atoms with Crippen LogP contribution >= 0.6 is 0 Å². The Kier molecular flexibility index (Phi) is 6.96. The van der Waals surface area contributed by atoms with E-state index in [1.54, 1.807) is 26.4 Å². The molecule has 1 amide bonds. The third kappa shape index (κ3) is 5.43. The van der Waals surface area contributed by atoms with Crippen molar-refractivity contribution in [1.29, 1.82) is 0 Å². The average Bonchev–Trinajstić information content (AvgIpc) is 3.57. The Hall–Kier alpha value is -3.33. The predicted octanol–water partition coefficient (Wildman–Crippen LogP) is 3.22. The molecule has 31 heavy (non-hydrogen) atoms. The van der Waals surface area contributed by atoms with Crippen LogP contribution in [-0.4, -0.2) is 56.6 Å². The van der Waals surface area contributed by atoms with Crippen molar-refractivity contribution in [3.63, 3.8) is 0 Å². The summed E-state index contributed by atoms with van der Waals surface area (Å²) in [7, 11) is 6.97. The molecule has 1 saturated carbocycles. The number of ether oxygens (including phenoxy) is 2. The van der Waals surface area contributed by atoms with Crippen molar-refractivity contribution in [3.05, 3.63) is 57.6 Å². The smallest absolute Gasteiger partial charge is 0.293 e. The molecule has 2 N–H and O–H groups in total. The van der Waals surface area contributed by atoms with Gasteiger partial charge in [-0.25, -0.2) is 0 Å². The molecule has 0 unspecified atom stereocenters. The number of nitrogens with one attached hydrogen (secondary N) is 2. The number of carbonyl (C=O) groups is 1. The van der Waals surface area contributed by atoms with Crippen LogP contribution in [0.1, 0.15) is 34.8 Å². The van der Waals surface area contributed by atoms with Crippen LogP contribution in [0.25, 0.3) is 0 Å². The molecule has 0 saturated heterocycles. The number of carbonyl (C=O) groups excluding carboxylic acids is 1. The Morgan fingerprint density at radius 3 is 2.45 bits per heavy atom. The largest absolute Gasteiger partial charge is 0.493 e. The number of anilines is 1. The lowest BCUT2D eigenvalue weighted by Crippen LogP contribution is -2.34. The summed E-state index contributed by atoms with van der Waals surface area (Å²) in [6.07, 6.45) is 2.00. The second-order valence-electron chi connectivity index (χ2n) is 7.71. The molecular formula is C22H28N4O5. The zero-order valence-corrected chi connectivity index (χ0v) is 18.2. The van der Waals surface area contributed by atoms with Crippen molar-refractivity contribution >= 4 is 17.3 Å². The maximum Gasteiger partial charge on any atom is 0.293 e. The van der Waals surface area contributed by atoms with Crippen molar-refractivity contribution in [2.75, 3.05) is 40.2 Å². The molecule has 0 spiro atoms. The highest BCUT2D eigenvalue weighted by molar-refractivity contribution is 5.95. The van der Waals surface area contributed by atoms with Gasteiger partial charge in [-0.1, -0.05) is 6.07 Å². The van der Waals surface area contributed by atoms with Crippen molar-refractivity contribution < 1.29 is 19.2 Å². The van der Waals surface area contributed by atoms with E-state index in [2.05, 4.69) is 10.6 Å². The number of nitrogens with zero attached hydrogens (tertiary/aromatic N) is 2. The van der Waals surface area contributed by atoms with E-state index in [1.807, 2.05) is 37.2 Å². The van der Waals surface area contributed by atoms with E-state index in [0.29, 0.717) is 23.7 Å². The van der Waals surface area contributed by atoms with Crippen LogP contribution in [0.2, 0.25) is 0 Å². The number of benzene rings is 2. The molecule has 0 heterocycles. The van der Waals surface area contributed by atoms with Crippen molar-refractivity contribution in [1.82, 2.24) is 10.2 Å². The summed E-state index contributed by atoms with van der Waals surface area (Å²) >= 11 is 0. The van der Waals surface area contributed by atoms with Gasteiger partial charge in [0.25, 0.3) is 11.6 Å². The summed E-state index contributed by atoms with van der Waals surface area (Å²) in [6, 6.07) is 10.3. The monoisotopic (exact) mass is 428 g/mol. The Morgan fingerprint density at radius 2 is 1.87 bits per heavy atom. The predicted molar refractivity (Wildman–Crippen MR) is 118 cm³/mol. The molecule has 0 radical (unpaired) electrons. The van der Waals surface area contributed by atoms with Crippen molar-refractivity contribution in [2.45, 2.75) is 24.9 Å². The lowest BCUT2D eigenvalue weighted by Gasteiger charge is -2.26. The Balaban J connectivity index is 1.74. The molecule has 0 aromatic heterocycles. The minimum absolute atomic E-state index is 0.0939. The standard InChI is InChI=1S/C22H28N4O5/c1-25(2)19(14-6-10-20(30-3)21(12-14)31-4)13-23-22(27)15-5-9-17(24-16-7-8-16)18(11-15)26(28)29/h5-6,9-12,16,19,24H,7-8,13H2,1-4H3,(H,23,27)/t19-/m0/s1. The topological polar surface area (TPSA) is 106 Å². The highest BCUT2D eigenvalue weighted by atomic mass is 16.6. The molecule has 1 aliphatic carbocycles. The second-order valence-corrected chi connectivity index (χ2v) is 7.71. The molecule has 0 aliphatic heterocycles. The quantitative estimate of drug-likeness (QED) is 0.442. The normalized spacial score (nSPS) is 14.1. The van der Waals surface area contributed by atoms with Gasteiger partial charge >= 0.3 is 0 Å². The Labute approximate surface area is 181 Å². The first-order chi connectivity index (χ1) is 14.8. The molecule has 1 atom stereocenters. The van der Waals surface area contributed by atoms with Crippen molar-refractivity contribution in [2.24, 2.45) is 0 Å². The van der Waals surface area contributed by atoms with Crippen LogP contribution in [0, 0.1) is 10.1 Å². The van der Waals surface area contributed by atoms with Crippen LogP contribution in [0.5, 0.6) is 11.5 Å². The fourth-order valence-corrected chi connectivity index (χ4v) is 3.34. The minimum Gasteiger partial charge on any atom is -0.493 e. The lowest BCUT2D eigenvalue weighted by molar-refractivity contribution is -0.384. The number of rotatable bonds is 10. The number of amides is 1. The van der Waals surface area contributed by atoms with E-state index in [9.17, 15) is 14.9 Å². The summed E-state index contributed by atoms with van der Waals surface area (Å²) in [4.78, 5) is 25.7. The van der Waals surface area contributed by atoms with E-state index in [4.69, 9.17) is 9.47 Å². The molecule has 2 aromatic rings. The van der Waals surface area contributed by atoms with Crippen LogP contribution in [0.15, 0.2) is 36.4 Å². The number of nitro benzene ring substituents is 1. The molecule has 1 aliphatic rings. The minimum atomic E-state index is -0.465. The number of methoxy groups -OCH3 is 2. The number of hydrogen-bond donors (Lipinski definition) is 2. The van der Waals surface area contributed by atoms with E-state index in [-0.39, 0.29) is 29.2 Å². The molecular weight excluding hydrogens is 400 g/mol. The molecule has 3 rings (SSSR count). The second kappa shape index (κ2) is 9.65. The van der Waals surface area contributed by atoms with Crippen LogP contribution in [0.3, 0.4) is 0 Å². The van der Waals surface area contributed by atoms with Gasteiger partial charge in [0.1, 0.15) is 5.69 Å². The third-order valence-electron chi connectivity index (χ3n) is 5.27. The van der Waals surface area contributed by atoms with Gasteiger partial charge in [-0.3, -0.25) is 14.9 Å². The number of nitro groups is 1. The summed E-state index contributed by atoms with van der Waals surface area (Å²) < 4.78 is 10.7. The first kappa shape index (κ1) is 22.4. The Morgan fingerprint density at radius 1 is 1.16 bits per heavy atom. The van der Waals surface area contributed by atoms with Crippen LogP contribution in [-0.2, 0) is 0 Å². The summed E-state index contributed by atoms with van der Waals surface area (Å²) in [6.45, 7) is 0.317. The summed E-state index contributed by atoms with van der Waals surface area (Å²) in [5, 5.41) is 17.5. The summed E-state index contributed by atoms with van der Waals surface area (Å²) in [5.41, 5.74) is 1.54. The number of likely N-dealkylation sites (N-methyl/N-ethyl adjacent to an activating group) is 1. The third-order valence-corrected chi connectivity index (χ3v) is 5.27. The lowest BCUT2D eigenvalue weighted by atomic mass is 10.0. The van der Waals surface area contributed by atoms with E-state index < -0.39 is 4.92 Å². The highest BCUT2D eigenvalue weighted by Gasteiger charge is 2.26. The molecule has 9 heteroatoms. The molecule has 166 valence electrons. The van der Waals surface area contributed by atoms with E-state index >= 15 is 0 Å². The van der Waals surface area contributed by atoms with Gasteiger partial charge in [0.05, 0.1) is 25.2 Å². The van der Waals surface area contributed by atoms with Crippen LogP contribution in [0.4, 0.5) is 11.4 Å². The van der Waals surface area contributed by atoms with Crippen molar-refractivity contribution in [3.8, 4) is 11.5 Å². The van der Waals surface area contributed by atoms with Gasteiger partial charge in [0.2, 0.25) is 0 Å². The highest BCUT2D eigenvalue weighted by Crippen LogP contribution is 2.32. The molecule has 2 aromatic carbocycles. The fraction of sp³-hybridized carbons (Fsp3) is 0.409. The molecule has 0 bridgehead atoms. The van der Waals surface area contributed by atoms with Gasteiger partial charge in [0.15, 0.2) is 11.5 Å². The van der Waals surface area contributed by atoms with Gasteiger partial charge in [-0.15, -0.1) is 0 Å². The first-order valence-corrected chi connectivity index (χ1v) is 10.1. The SMILES string of the molecule is COc1ccc([C@H](CNC(=O)c2ccc(NC3CC3)c([N+](=O)[O-])c2)N(C)C)cc1OC.